The number of rotatable bonds is 5. The molecule has 0 saturated carbocycles. The van der Waals surface area contributed by atoms with Gasteiger partial charge in [0.15, 0.2) is 12.4 Å². The molecule has 0 unspecified atom stereocenters. The molecule has 4 aromatic rings. The predicted octanol–water partition coefficient (Wildman–Crippen LogP) is 4.23. The van der Waals surface area contributed by atoms with Gasteiger partial charge in [0, 0.05) is 22.3 Å². The number of hydrogen-bond donors (Lipinski definition) is 1. The molecule has 0 aliphatic carbocycles. The molecule has 7 nitrogen and oxygen atoms in total. The lowest BCUT2D eigenvalue weighted by molar-refractivity contribution is -0.577. The number of imide groups is 1. The summed E-state index contributed by atoms with van der Waals surface area (Å²) in [5.74, 6) is -1.03. The van der Waals surface area contributed by atoms with Crippen molar-refractivity contribution in [3.05, 3.63) is 111 Å². The molecule has 2 amide bonds. The first-order chi connectivity index (χ1) is 17.3. The molecule has 36 heavy (non-hydrogen) atoms. The molecule has 180 valence electrons. The first-order valence-corrected chi connectivity index (χ1v) is 12.0. The molecule has 2 aromatic heterocycles. The minimum Gasteiger partial charge on any atom is -0.294 e. The van der Waals surface area contributed by atoms with Crippen molar-refractivity contribution in [3.63, 3.8) is 0 Å². The summed E-state index contributed by atoms with van der Waals surface area (Å²) >= 11 is 6.03. The lowest BCUT2D eigenvalue weighted by Crippen LogP contribution is -2.39. The second-order valence-corrected chi connectivity index (χ2v) is 9.17. The smallest absolute Gasteiger partial charge is 0.294 e. The van der Waals surface area contributed by atoms with E-state index < -0.39 is 17.4 Å². The molecule has 0 radical (unpaired) electrons. The van der Waals surface area contributed by atoms with Crippen LogP contribution >= 0.6 is 11.6 Å². The Morgan fingerprint density at radius 3 is 2.28 bits per heavy atom. The average Bonchev–Trinajstić information content (AvgIpc) is 3.31. The zero-order valence-electron chi connectivity index (χ0n) is 20.1. The Kier molecular flexibility index (Phi) is 5.94. The number of H-pyrrole nitrogens is 1. The normalized spacial score (nSPS) is 13.7. The Bertz CT molecular complexity index is 1610. The topological polar surface area (TPSA) is 79.1 Å². The molecule has 1 N–H and O–H groups in total. The van der Waals surface area contributed by atoms with Crippen LogP contribution in [0.4, 0.5) is 5.69 Å². The summed E-state index contributed by atoms with van der Waals surface area (Å²) in [7, 11) is 0. The zero-order chi connectivity index (χ0) is 25.6. The van der Waals surface area contributed by atoms with Gasteiger partial charge in [0.2, 0.25) is 0 Å². The van der Waals surface area contributed by atoms with Crippen LogP contribution in [0.25, 0.3) is 17.0 Å². The monoisotopic (exact) mass is 499 g/mol. The van der Waals surface area contributed by atoms with Crippen molar-refractivity contribution in [3.8, 4) is 5.69 Å². The Morgan fingerprint density at radius 2 is 1.61 bits per heavy atom. The Morgan fingerprint density at radius 1 is 0.889 bits per heavy atom. The number of aryl methyl sites for hydroxylation is 3. The highest BCUT2D eigenvalue weighted by molar-refractivity contribution is 6.53. The molecule has 1 aliphatic rings. The molecule has 0 fully saturated rings. The van der Waals surface area contributed by atoms with Gasteiger partial charge in [0.1, 0.15) is 5.57 Å². The highest BCUT2D eigenvalue weighted by Gasteiger charge is 2.48. The summed E-state index contributed by atoms with van der Waals surface area (Å²) < 4.78 is 3.00. The molecular formula is C28H24ClN4O3+. The van der Waals surface area contributed by atoms with Gasteiger partial charge >= 0.3 is 5.91 Å². The van der Waals surface area contributed by atoms with E-state index in [4.69, 9.17) is 11.6 Å². The van der Waals surface area contributed by atoms with Gasteiger partial charge in [-0.2, -0.15) is 4.57 Å². The first kappa shape index (κ1) is 23.5. The number of anilines is 1. The molecule has 0 spiro atoms. The molecule has 3 heterocycles. The van der Waals surface area contributed by atoms with E-state index in [0.717, 1.165) is 16.0 Å². The van der Waals surface area contributed by atoms with E-state index in [0.29, 0.717) is 28.5 Å². The number of nitrogens with one attached hydrogen (secondary N) is 1. The second kappa shape index (κ2) is 9.09. The molecule has 5 rings (SSSR count). The fraction of sp³-hybridized carbons (Fsp3) is 0.143. The Labute approximate surface area is 212 Å². The number of halogens is 1. The van der Waals surface area contributed by atoms with Crippen LogP contribution in [-0.4, -0.2) is 21.6 Å². The van der Waals surface area contributed by atoms with Gasteiger partial charge in [-0.25, -0.2) is 9.58 Å². The third-order valence-electron chi connectivity index (χ3n) is 6.18. The summed E-state index contributed by atoms with van der Waals surface area (Å²) in [6.45, 7) is 5.68. The van der Waals surface area contributed by atoms with Crippen molar-refractivity contribution < 1.29 is 14.2 Å². The third kappa shape index (κ3) is 3.87. The molecular weight excluding hydrogens is 476 g/mol. The maximum absolute atomic E-state index is 14.0. The van der Waals surface area contributed by atoms with Gasteiger partial charge in [-0.1, -0.05) is 30.7 Å². The molecule has 8 heteroatoms. The van der Waals surface area contributed by atoms with Crippen molar-refractivity contribution in [1.29, 1.82) is 0 Å². The number of amides is 2. The van der Waals surface area contributed by atoms with E-state index in [-0.39, 0.29) is 16.8 Å². The summed E-state index contributed by atoms with van der Waals surface area (Å²) in [6.07, 6.45) is 3.94. The van der Waals surface area contributed by atoms with Crippen LogP contribution in [0, 0.1) is 13.8 Å². The van der Waals surface area contributed by atoms with E-state index >= 15 is 0 Å². The summed E-state index contributed by atoms with van der Waals surface area (Å²) in [5, 5.41) is 3.67. The van der Waals surface area contributed by atoms with E-state index in [9.17, 15) is 14.4 Å². The largest absolute Gasteiger partial charge is 0.331 e. The van der Waals surface area contributed by atoms with Crippen molar-refractivity contribution in [1.82, 2.24) is 9.78 Å². The summed E-state index contributed by atoms with van der Waals surface area (Å²) in [6, 6.07) is 17.7. The van der Waals surface area contributed by atoms with Gasteiger partial charge in [-0.3, -0.25) is 19.5 Å². The molecule has 1 aliphatic heterocycles. The molecule has 0 saturated heterocycles. The second-order valence-electron chi connectivity index (χ2n) is 8.73. The minimum atomic E-state index is -0.538. The summed E-state index contributed by atoms with van der Waals surface area (Å²) in [4.78, 5) is 42.7. The van der Waals surface area contributed by atoms with Crippen LogP contribution in [0.2, 0.25) is 5.02 Å². The number of hydrogen-bond acceptors (Lipinski definition) is 3. The number of pyridine rings is 1. The lowest BCUT2D eigenvalue weighted by Gasteiger charge is -2.14. The van der Waals surface area contributed by atoms with E-state index in [1.807, 2.05) is 32.9 Å². The fourth-order valence-corrected chi connectivity index (χ4v) is 4.61. The van der Waals surface area contributed by atoms with Crippen molar-refractivity contribution >= 4 is 40.4 Å². The summed E-state index contributed by atoms with van der Waals surface area (Å²) in [5.41, 5.74) is 3.38. The number of aromatic amines is 1. The van der Waals surface area contributed by atoms with Crippen LogP contribution in [0.5, 0.6) is 0 Å². The number of aromatic nitrogens is 3. The van der Waals surface area contributed by atoms with Crippen molar-refractivity contribution in [2.24, 2.45) is 0 Å². The molecule has 0 atom stereocenters. The number of nitrogens with zero attached hydrogens (tertiary/aromatic N) is 3. The van der Waals surface area contributed by atoms with E-state index in [1.165, 1.54) is 4.68 Å². The van der Waals surface area contributed by atoms with E-state index in [1.54, 1.807) is 65.5 Å². The first-order valence-electron chi connectivity index (χ1n) is 11.6. The number of carbonyl (C=O) groups is 2. The SMILES string of the molecule is CCc1[nH]n(-c2ccc(Cl)cc2)c(=O)c1C1=C([n+]2cccc(C)c2)C(=O)N(c2cccc(C)c2)C1=O. The van der Waals surface area contributed by atoms with Crippen LogP contribution in [0.3, 0.4) is 0 Å². The standard InChI is InChI=1S/C28H23ClN4O3/c1-4-22-23(27(35)33(30-22)20-12-10-19(29)11-13-20)24-25(31-14-6-8-18(3)16-31)28(36)32(26(24)34)21-9-5-7-17(2)15-21/h5-16H,4H2,1-3H3/p+1. The molecule has 0 bridgehead atoms. The Balaban J connectivity index is 1.78. The zero-order valence-corrected chi connectivity index (χ0v) is 20.8. The van der Waals surface area contributed by atoms with Gasteiger partial charge in [0.25, 0.3) is 17.2 Å². The highest BCUT2D eigenvalue weighted by Crippen LogP contribution is 2.34. The molecule has 2 aromatic carbocycles. The maximum Gasteiger partial charge on any atom is 0.331 e. The van der Waals surface area contributed by atoms with Gasteiger partial charge < -0.3 is 0 Å². The van der Waals surface area contributed by atoms with Gasteiger partial charge in [-0.05, 0) is 68.3 Å². The third-order valence-corrected chi connectivity index (χ3v) is 6.43. The van der Waals surface area contributed by atoms with Crippen LogP contribution in [0.1, 0.15) is 29.3 Å². The fourth-order valence-electron chi connectivity index (χ4n) is 4.48. The number of benzene rings is 2. The van der Waals surface area contributed by atoms with Gasteiger partial charge in [0.05, 0.1) is 16.9 Å². The van der Waals surface area contributed by atoms with Gasteiger partial charge in [-0.15, -0.1) is 0 Å². The van der Waals surface area contributed by atoms with Crippen LogP contribution in [-0.2, 0) is 16.0 Å². The lowest BCUT2D eigenvalue weighted by atomic mass is 10.0. The van der Waals surface area contributed by atoms with E-state index in [2.05, 4.69) is 5.10 Å². The van der Waals surface area contributed by atoms with Crippen LogP contribution in [0.15, 0.2) is 77.9 Å². The maximum atomic E-state index is 14.0. The Hall–Kier alpha value is -4.23. The van der Waals surface area contributed by atoms with Crippen LogP contribution < -0.4 is 15.0 Å². The quantitative estimate of drug-likeness (QED) is 0.330. The predicted molar refractivity (Wildman–Crippen MR) is 139 cm³/mol. The minimum absolute atomic E-state index is 0.0721. The average molecular weight is 500 g/mol. The van der Waals surface area contributed by atoms with Crippen molar-refractivity contribution in [2.75, 3.05) is 4.90 Å². The number of carbonyl (C=O) groups excluding carboxylic acids is 2. The highest BCUT2D eigenvalue weighted by atomic mass is 35.5. The van der Waals surface area contributed by atoms with Crippen molar-refractivity contribution in [2.45, 2.75) is 27.2 Å².